The molecule has 134 valence electrons. The molecule has 2 aromatic carbocycles. The van der Waals surface area contributed by atoms with E-state index in [1.165, 1.54) is 37.8 Å². The standard InChI is InChI=1S/C19H23FN2O2S/c20-17-7-3-5-15(11-17)14-22-25(23,24)19-10-4-6-16(12-19)13-21-18-8-1-2-9-18/h3-7,10-12,18,21-22H,1-2,8-9,13-14H2. The summed E-state index contributed by atoms with van der Waals surface area (Å²) in [6.45, 7) is 0.725. The van der Waals surface area contributed by atoms with Crippen molar-refractivity contribution in [3.63, 3.8) is 0 Å². The molecule has 0 atom stereocenters. The molecule has 0 amide bonds. The van der Waals surface area contributed by atoms with Gasteiger partial charge < -0.3 is 5.32 Å². The van der Waals surface area contributed by atoms with E-state index in [9.17, 15) is 12.8 Å². The number of halogens is 1. The van der Waals surface area contributed by atoms with Crippen LogP contribution in [0.3, 0.4) is 0 Å². The largest absolute Gasteiger partial charge is 0.310 e. The predicted octanol–water partition coefficient (Wildman–Crippen LogP) is 3.34. The Morgan fingerprint density at radius 1 is 0.960 bits per heavy atom. The molecule has 0 aliphatic heterocycles. The molecule has 25 heavy (non-hydrogen) atoms. The number of hydrogen-bond acceptors (Lipinski definition) is 3. The monoisotopic (exact) mass is 362 g/mol. The maximum atomic E-state index is 13.2. The summed E-state index contributed by atoms with van der Waals surface area (Å²) in [5.41, 5.74) is 1.53. The zero-order valence-electron chi connectivity index (χ0n) is 14.0. The van der Waals surface area contributed by atoms with E-state index in [0.29, 0.717) is 18.2 Å². The molecule has 2 aromatic rings. The number of benzene rings is 2. The predicted molar refractivity (Wildman–Crippen MR) is 96.0 cm³/mol. The quantitative estimate of drug-likeness (QED) is 0.794. The molecule has 1 aliphatic rings. The Labute approximate surface area is 148 Å². The van der Waals surface area contributed by atoms with E-state index in [-0.39, 0.29) is 17.3 Å². The summed E-state index contributed by atoms with van der Waals surface area (Å²) in [4.78, 5) is 0.231. The molecular weight excluding hydrogens is 339 g/mol. The zero-order chi connectivity index (χ0) is 17.7. The molecule has 0 heterocycles. The third-order valence-electron chi connectivity index (χ3n) is 4.51. The molecular formula is C19H23FN2O2S. The van der Waals surface area contributed by atoms with Crippen molar-refractivity contribution >= 4 is 10.0 Å². The molecule has 4 nitrogen and oxygen atoms in total. The maximum Gasteiger partial charge on any atom is 0.240 e. The van der Waals surface area contributed by atoms with E-state index >= 15 is 0 Å². The Kier molecular flexibility index (Phi) is 5.83. The minimum absolute atomic E-state index is 0.0602. The van der Waals surface area contributed by atoms with E-state index in [2.05, 4.69) is 10.0 Å². The zero-order valence-corrected chi connectivity index (χ0v) is 14.9. The van der Waals surface area contributed by atoms with Crippen LogP contribution in [0.25, 0.3) is 0 Å². The third-order valence-corrected chi connectivity index (χ3v) is 5.91. The summed E-state index contributed by atoms with van der Waals surface area (Å²) in [6.07, 6.45) is 4.90. The lowest BCUT2D eigenvalue weighted by Crippen LogP contribution is -2.26. The van der Waals surface area contributed by atoms with Crippen LogP contribution in [0.5, 0.6) is 0 Å². The molecule has 3 rings (SSSR count). The van der Waals surface area contributed by atoms with E-state index in [4.69, 9.17) is 0 Å². The Balaban J connectivity index is 1.63. The van der Waals surface area contributed by atoms with Crippen LogP contribution in [0.15, 0.2) is 53.4 Å². The first-order chi connectivity index (χ1) is 12.0. The van der Waals surface area contributed by atoms with Crippen LogP contribution in [0, 0.1) is 5.82 Å². The highest BCUT2D eigenvalue weighted by Gasteiger charge is 2.16. The van der Waals surface area contributed by atoms with Crippen LogP contribution in [-0.2, 0) is 23.1 Å². The number of rotatable bonds is 7. The van der Waals surface area contributed by atoms with Crippen molar-refractivity contribution in [2.75, 3.05) is 0 Å². The second-order valence-electron chi connectivity index (χ2n) is 6.46. The van der Waals surface area contributed by atoms with Crippen molar-refractivity contribution in [3.05, 3.63) is 65.5 Å². The Morgan fingerprint density at radius 2 is 1.64 bits per heavy atom. The maximum absolute atomic E-state index is 13.2. The van der Waals surface area contributed by atoms with Gasteiger partial charge in [-0.05, 0) is 48.2 Å². The molecule has 1 saturated carbocycles. The molecule has 0 aromatic heterocycles. The summed E-state index contributed by atoms with van der Waals surface area (Å²) in [5, 5.41) is 3.48. The van der Waals surface area contributed by atoms with Gasteiger partial charge in [0.25, 0.3) is 0 Å². The first-order valence-corrected chi connectivity index (χ1v) is 10.1. The van der Waals surface area contributed by atoms with Gasteiger partial charge in [0.2, 0.25) is 10.0 Å². The van der Waals surface area contributed by atoms with E-state index in [1.54, 1.807) is 30.3 Å². The van der Waals surface area contributed by atoms with Crippen molar-refractivity contribution in [3.8, 4) is 0 Å². The van der Waals surface area contributed by atoms with Crippen LogP contribution in [0.1, 0.15) is 36.8 Å². The van der Waals surface area contributed by atoms with E-state index in [1.807, 2.05) is 6.07 Å². The van der Waals surface area contributed by atoms with Crippen molar-refractivity contribution in [2.24, 2.45) is 0 Å². The van der Waals surface area contributed by atoms with Crippen LogP contribution in [0.2, 0.25) is 0 Å². The van der Waals surface area contributed by atoms with Crippen LogP contribution >= 0.6 is 0 Å². The second kappa shape index (κ2) is 8.08. The van der Waals surface area contributed by atoms with Crippen molar-refractivity contribution in [1.29, 1.82) is 0 Å². The van der Waals surface area contributed by atoms with Gasteiger partial charge >= 0.3 is 0 Å². The number of nitrogens with one attached hydrogen (secondary N) is 2. The number of sulfonamides is 1. The molecule has 1 fully saturated rings. The Hall–Kier alpha value is -1.76. The summed E-state index contributed by atoms with van der Waals surface area (Å²) >= 11 is 0. The van der Waals surface area contributed by atoms with Gasteiger partial charge in [-0.1, -0.05) is 37.1 Å². The summed E-state index contributed by atoms with van der Waals surface area (Å²) < 4.78 is 40.7. The highest BCUT2D eigenvalue weighted by atomic mass is 32.2. The molecule has 2 N–H and O–H groups in total. The van der Waals surface area contributed by atoms with Crippen LogP contribution < -0.4 is 10.0 Å². The lowest BCUT2D eigenvalue weighted by atomic mass is 10.2. The van der Waals surface area contributed by atoms with E-state index < -0.39 is 10.0 Å². The molecule has 0 bridgehead atoms. The summed E-state index contributed by atoms with van der Waals surface area (Å²) in [6, 6.07) is 13.4. The molecule has 0 radical (unpaired) electrons. The molecule has 0 unspecified atom stereocenters. The molecule has 0 saturated heterocycles. The first-order valence-electron chi connectivity index (χ1n) is 8.59. The topological polar surface area (TPSA) is 58.2 Å². The normalized spacial score (nSPS) is 15.6. The fourth-order valence-electron chi connectivity index (χ4n) is 3.12. The van der Waals surface area contributed by atoms with Crippen molar-refractivity contribution in [1.82, 2.24) is 10.0 Å². The molecule has 6 heteroatoms. The van der Waals surface area contributed by atoms with Crippen LogP contribution in [0.4, 0.5) is 4.39 Å². The third kappa shape index (κ3) is 5.11. The van der Waals surface area contributed by atoms with Crippen LogP contribution in [-0.4, -0.2) is 14.5 Å². The fraction of sp³-hybridized carbons (Fsp3) is 0.368. The lowest BCUT2D eigenvalue weighted by molar-refractivity contribution is 0.523. The Morgan fingerprint density at radius 3 is 2.36 bits per heavy atom. The van der Waals surface area contributed by atoms with Gasteiger partial charge in [0.1, 0.15) is 5.82 Å². The molecule has 0 spiro atoms. The minimum atomic E-state index is -3.63. The average Bonchev–Trinajstić information content (AvgIpc) is 3.12. The molecule has 1 aliphatic carbocycles. The van der Waals surface area contributed by atoms with Crippen molar-refractivity contribution in [2.45, 2.75) is 49.7 Å². The average molecular weight is 362 g/mol. The minimum Gasteiger partial charge on any atom is -0.310 e. The fourth-order valence-corrected chi connectivity index (χ4v) is 4.21. The van der Waals surface area contributed by atoms with Gasteiger partial charge in [-0.25, -0.2) is 17.5 Å². The smallest absolute Gasteiger partial charge is 0.240 e. The first kappa shape index (κ1) is 18.0. The summed E-state index contributed by atoms with van der Waals surface area (Å²) in [7, 11) is -3.63. The summed E-state index contributed by atoms with van der Waals surface area (Å²) in [5.74, 6) is -0.378. The highest BCUT2D eigenvalue weighted by molar-refractivity contribution is 7.89. The number of hydrogen-bond donors (Lipinski definition) is 2. The van der Waals surface area contributed by atoms with Gasteiger partial charge in [-0.15, -0.1) is 0 Å². The highest BCUT2D eigenvalue weighted by Crippen LogP contribution is 2.19. The second-order valence-corrected chi connectivity index (χ2v) is 8.23. The van der Waals surface area contributed by atoms with Gasteiger partial charge in [0.05, 0.1) is 4.90 Å². The van der Waals surface area contributed by atoms with Gasteiger partial charge in [-0.2, -0.15) is 0 Å². The van der Waals surface area contributed by atoms with Gasteiger partial charge in [0.15, 0.2) is 0 Å². The van der Waals surface area contributed by atoms with Gasteiger partial charge in [-0.3, -0.25) is 0 Å². The van der Waals surface area contributed by atoms with E-state index in [0.717, 1.165) is 5.56 Å². The lowest BCUT2D eigenvalue weighted by Gasteiger charge is -2.13. The SMILES string of the molecule is O=S(=O)(NCc1cccc(F)c1)c1cccc(CNC2CCCC2)c1. The van der Waals surface area contributed by atoms with Gasteiger partial charge in [0, 0.05) is 19.1 Å². The van der Waals surface area contributed by atoms with Crippen molar-refractivity contribution < 1.29 is 12.8 Å². The Bertz CT molecular complexity index is 818.